The molecule has 0 N–H and O–H groups in total. The first kappa shape index (κ1) is 18.3. The van der Waals surface area contributed by atoms with Gasteiger partial charge in [0.1, 0.15) is 6.04 Å². The molecule has 0 saturated carbocycles. The molecule has 0 bridgehead atoms. The predicted molar refractivity (Wildman–Crippen MR) is 99.5 cm³/mol. The highest BCUT2D eigenvalue weighted by molar-refractivity contribution is 5.70. The van der Waals surface area contributed by atoms with Crippen molar-refractivity contribution in [3.8, 4) is 11.5 Å². The van der Waals surface area contributed by atoms with Crippen molar-refractivity contribution in [1.29, 1.82) is 0 Å². The zero-order valence-corrected chi connectivity index (χ0v) is 15.8. The number of carbonyl (C=O) groups excluding carboxylic acids is 1. The number of methoxy groups -OCH3 is 3. The van der Waals surface area contributed by atoms with Crippen LogP contribution in [0.25, 0.3) is 0 Å². The molecule has 5 heteroatoms. The first-order valence-corrected chi connectivity index (χ1v) is 8.73. The Balaban J connectivity index is 2.16. The van der Waals surface area contributed by atoms with Crippen molar-refractivity contribution >= 4 is 5.97 Å². The molecule has 0 aromatic heterocycles. The number of nitrogens with zero attached hydrogens (tertiary/aromatic N) is 1. The summed E-state index contributed by atoms with van der Waals surface area (Å²) in [7, 11) is 6.86. The summed E-state index contributed by atoms with van der Waals surface area (Å²) in [4.78, 5) is 12.1. The molecule has 1 aliphatic rings. The van der Waals surface area contributed by atoms with Gasteiger partial charge < -0.3 is 18.7 Å². The lowest BCUT2D eigenvalue weighted by Gasteiger charge is -2.45. The molecule has 0 unspecified atom stereocenters. The lowest BCUT2D eigenvalue weighted by atomic mass is 9.85. The normalized spacial score (nSPS) is 21.6. The molecule has 0 aliphatic carbocycles. The Morgan fingerprint density at radius 2 is 1.73 bits per heavy atom. The van der Waals surface area contributed by atoms with Crippen LogP contribution < -0.4 is 9.47 Å². The molecule has 2 aromatic rings. The van der Waals surface area contributed by atoms with E-state index in [4.69, 9.17) is 14.2 Å². The molecule has 3 rings (SSSR count). The van der Waals surface area contributed by atoms with Crippen molar-refractivity contribution in [2.75, 3.05) is 41.5 Å². The van der Waals surface area contributed by atoms with E-state index in [0.717, 1.165) is 18.7 Å². The van der Waals surface area contributed by atoms with Crippen molar-refractivity contribution in [3.63, 3.8) is 0 Å². The second-order valence-electron chi connectivity index (χ2n) is 6.91. The summed E-state index contributed by atoms with van der Waals surface area (Å²) in [5.74, 6) is 1.25. The number of quaternary nitrogens is 1. The SMILES string of the molecule is COC(=O)C[N@@+]1(C)CCc2cc(OC)c(OC)cc2[C@H]1c1ccccc1. The van der Waals surface area contributed by atoms with Crippen molar-refractivity contribution in [3.05, 3.63) is 59.2 Å². The van der Waals surface area contributed by atoms with Crippen molar-refractivity contribution in [2.45, 2.75) is 12.5 Å². The van der Waals surface area contributed by atoms with E-state index in [9.17, 15) is 4.79 Å². The van der Waals surface area contributed by atoms with Gasteiger partial charge in [0.05, 0.1) is 34.9 Å². The number of rotatable bonds is 5. The number of esters is 1. The fourth-order valence-corrected chi connectivity index (χ4v) is 3.95. The van der Waals surface area contributed by atoms with Crippen LogP contribution in [-0.4, -0.2) is 51.9 Å². The quantitative estimate of drug-likeness (QED) is 0.610. The fourth-order valence-electron chi connectivity index (χ4n) is 3.95. The highest BCUT2D eigenvalue weighted by Crippen LogP contribution is 2.43. The molecule has 2 aromatic carbocycles. The number of ether oxygens (including phenoxy) is 3. The average Bonchev–Trinajstić information content (AvgIpc) is 2.67. The van der Waals surface area contributed by atoms with Gasteiger partial charge in [0.25, 0.3) is 0 Å². The Morgan fingerprint density at radius 3 is 2.35 bits per heavy atom. The number of benzene rings is 2. The zero-order chi connectivity index (χ0) is 18.7. The molecule has 0 saturated heterocycles. The molecule has 0 radical (unpaired) electrons. The van der Waals surface area contributed by atoms with E-state index in [-0.39, 0.29) is 12.0 Å². The smallest absolute Gasteiger partial charge is 0.361 e. The molecule has 2 atom stereocenters. The van der Waals surface area contributed by atoms with Gasteiger partial charge in [0, 0.05) is 17.5 Å². The number of likely N-dealkylation sites (N-methyl/N-ethyl adjacent to an activating group) is 1. The van der Waals surface area contributed by atoms with Gasteiger partial charge in [-0.05, 0) is 17.7 Å². The predicted octanol–water partition coefficient (Wildman–Crippen LogP) is 2.97. The van der Waals surface area contributed by atoms with Crippen molar-refractivity contribution in [1.82, 2.24) is 0 Å². The summed E-state index contributed by atoms with van der Waals surface area (Å²) < 4.78 is 16.5. The van der Waals surface area contributed by atoms with Crippen LogP contribution in [0.15, 0.2) is 42.5 Å². The lowest BCUT2D eigenvalue weighted by Crippen LogP contribution is -2.54. The Hall–Kier alpha value is -2.53. The zero-order valence-electron chi connectivity index (χ0n) is 15.8. The van der Waals surface area contributed by atoms with E-state index in [1.54, 1.807) is 14.2 Å². The van der Waals surface area contributed by atoms with Gasteiger partial charge in [-0.25, -0.2) is 4.79 Å². The second kappa shape index (κ2) is 7.38. The first-order chi connectivity index (χ1) is 12.5. The number of hydrogen-bond acceptors (Lipinski definition) is 4. The standard InChI is InChI=1S/C21H26NO4/c1-22(14-20(23)26-4)11-10-16-12-18(24-2)19(25-3)13-17(16)21(22)15-8-6-5-7-9-15/h5-9,12-13,21H,10-11,14H2,1-4H3/q+1/t21-,22-/m1/s1. The third kappa shape index (κ3) is 3.27. The number of fused-ring (bicyclic) bond motifs is 1. The van der Waals surface area contributed by atoms with E-state index in [1.807, 2.05) is 18.2 Å². The second-order valence-corrected chi connectivity index (χ2v) is 6.91. The van der Waals surface area contributed by atoms with Gasteiger partial charge >= 0.3 is 5.97 Å². The van der Waals surface area contributed by atoms with E-state index >= 15 is 0 Å². The number of hydrogen-bond donors (Lipinski definition) is 0. The Kier molecular flexibility index (Phi) is 5.18. The topological polar surface area (TPSA) is 44.8 Å². The largest absolute Gasteiger partial charge is 0.493 e. The summed E-state index contributed by atoms with van der Waals surface area (Å²) in [6.07, 6.45) is 0.868. The molecule has 1 heterocycles. The lowest BCUT2D eigenvalue weighted by molar-refractivity contribution is -0.928. The Bertz CT molecular complexity index is 790. The first-order valence-electron chi connectivity index (χ1n) is 8.73. The molecule has 138 valence electrons. The van der Waals surface area contributed by atoms with E-state index in [2.05, 4.69) is 31.3 Å². The summed E-state index contributed by atoms with van der Waals surface area (Å²) in [5.41, 5.74) is 3.58. The molecular formula is C21H26NO4+. The van der Waals surface area contributed by atoms with Crippen LogP contribution >= 0.6 is 0 Å². The van der Waals surface area contributed by atoms with Crippen LogP contribution in [0, 0.1) is 0 Å². The minimum Gasteiger partial charge on any atom is -0.493 e. The van der Waals surface area contributed by atoms with Crippen molar-refractivity contribution in [2.24, 2.45) is 0 Å². The van der Waals surface area contributed by atoms with E-state index in [1.165, 1.54) is 23.8 Å². The summed E-state index contributed by atoms with van der Waals surface area (Å²) in [6, 6.07) is 14.4. The van der Waals surface area contributed by atoms with Gasteiger partial charge in [0.15, 0.2) is 18.0 Å². The monoisotopic (exact) mass is 356 g/mol. The van der Waals surface area contributed by atoms with Gasteiger partial charge in [-0.3, -0.25) is 0 Å². The maximum Gasteiger partial charge on any atom is 0.361 e. The van der Waals surface area contributed by atoms with Crippen LogP contribution in [0.2, 0.25) is 0 Å². The minimum atomic E-state index is -0.197. The van der Waals surface area contributed by atoms with Crippen LogP contribution in [0.4, 0.5) is 0 Å². The van der Waals surface area contributed by atoms with Gasteiger partial charge in [0.2, 0.25) is 0 Å². The van der Waals surface area contributed by atoms with E-state index in [0.29, 0.717) is 16.8 Å². The van der Waals surface area contributed by atoms with Gasteiger partial charge in [-0.1, -0.05) is 30.3 Å². The molecule has 5 nitrogen and oxygen atoms in total. The number of carbonyl (C=O) groups is 1. The molecule has 0 amide bonds. The Labute approximate surface area is 154 Å². The molecule has 1 aliphatic heterocycles. The van der Waals surface area contributed by atoms with Crippen LogP contribution in [0.5, 0.6) is 11.5 Å². The molecule has 0 fully saturated rings. The van der Waals surface area contributed by atoms with Crippen LogP contribution in [-0.2, 0) is 16.0 Å². The average molecular weight is 356 g/mol. The van der Waals surface area contributed by atoms with Gasteiger partial charge in [-0.2, -0.15) is 0 Å². The van der Waals surface area contributed by atoms with Crippen LogP contribution in [0.1, 0.15) is 22.7 Å². The maximum atomic E-state index is 12.1. The van der Waals surface area contributed by atoms with Crippen LogP contribution in [0.3, 0.4) is 0 Å². The molecule has 0 spiro atoms. The van der Waals surface area contributed by atoms with Crippen molar-refractivity contribution < 1.29 is 23.5 Å². The summed E-state index contributed by atoms with van der Waals surface area (Å²) in [5, 5.41) is 0. The van der Waals surface area contributed by atoms with E-state index < -0.39 is 0 Å². The highest BCUT2D eigenvalue weighted by atomic mass is 16.5. The molecule has 26 heavy (non-hydrogen) atoms. The summed E-state index contributed by atoms with van der Waals surface area (Å²) in [6.45, 7) is 1.17. The summed E-state index contributed by atoms with van der Waals surface area (Å²) >= 11 is 0. The maximum absolute atomic E-state index is 12.1. The third-order valence-corrected chi connectivity index (χ3v) is 5.29. The highest BCUT2D eigenvalue weighted by Gasteiger charge is 2.42. The fraction of sp³-hybridized carbons (Fsp3) is 0.381. The minimum absolute atomic E-state index is 0.0267. The van der Waals surface area contributed by atoms with Gasteiger partial charge in [-0.15, -0.1) is 0 Å². The molecular weight excluding hydrogens is 330 g/mol. The Morgan fingerprint density at radius 1 is 1.08 bits per heavy atom. The third-order valence-electron chi connectivity index (χ3n) is 5.29.